The number of hydrogen-bond donors (Lipinski definition) is 1. The zero-order valence-electron chi connectivity index (χ0n) is 12.1. The minimum atomic E-state index is 0.0545. The smallest absolute Gasteiger partial charge is 0.167 e. The van der Waals surface area contributed by atoms with Crippen molar-refractivity contribution in [2.45, 2.75) is 20.3 Å². The topological polar surface area (TPSA) is 43.1 Å². The second-order valence-electron chi connectivity index (χ2n) is 4.71. The quantitative estimate of drug-likeness (QED) is 0.623. The number of carbonyl (C=O) groups is 1. The minimum Gasteiger partial charge on any atom is -0.402 e. The standard InChI is InChI=1S/C18H21NO/c1-5-6-10-16(15(4)19)14(3)12-18(20)17-11-8-7-9-13(17)2/h5-11H,1,3,12,19H2,2,4H3/b10-6-,16-15+. The fraction of sp³-hybridized carbons (Fsp3) is 0.167. The van der Waals surface area contributed by atoms with Crippen LogP contribution in [0.5, 0.6) is 0 Å². The molecule has 0 saturated heterocycles. The Morgan fingerprint density at radius 3 is 2.55 bits per heavy atom. The van der Waals surface area contributed by atoms with Crippen molar-refractivity contribution in [3.8, 4) is 0 Å². The number of carbonyl (C=O) groups excluding carboxylic acids is 1. The van der Waals surface area contributed by atoms with Gasteiger partial charge >= 0.3 is 0 Å². The highest BCUT2D eigenvalue weighted by Gasteiger charge is 2.12. The highest BCUT2D eigenvalue weighted by Crippen LogP contribution is 2.20. The van der Waals surface area contributed by atoms with Gasteiger partial charge in [-0.1, -0.05) is 55.7 Å². The first-order valence-corrected chi connectivity index (χ1v) is 6.49. The summed E-state index contributed by atoms with van der Waals surface area (Å²) in [7, 11) is 0. The molecule has 0 amide bonds. The molecule has 0 fully saturated rings. The second-order valence-corrected chi connectivity index (χ2v) is 4.71. The van der Waals surface area contributed by atoms with E-state index in [0.29, 0.717) is 5.70 Å². The van der Waals surface area contributed by atoms with Crippen LogP contribution in [0.25, 0.3) is 0 Å². The maximum Gasteiger partial charge on any atom is 0.167 e. The molecule has 1 aromatic carbocycles. The van der Waals surface area contributed by atoms with Crippen LogP contribution in [0.4, 0.5) is 0 Å². The van der Waals surface area contributed by atoms with E-state index in [1.807, 2.05) is 37.3 Å². The second kappa shape index (κ2) is 7.29. The molecule has 0 aliphatic rings. The molecule has 2 heteroatoms. The molecule has 0 unspecified atom stereocenters. The third-order valence-corrected chi connectivity index (χ3v) is 3.02. The summed E-state index contributed by atoms with van der Waals surface area (Å²) in [5.74, 6) is 0.0545. The Labute approximate surface area is 121 Å². The largest absolute Gasteiger partial charge is 0.402 e. The van der Waals surface area contributed by atoms with Gasteiger partial charge in [0.15, 0.2) is 5.78 Å². The number of rotatable bonds is 6. The molecule has 0 aliphatic heterocycles. The Hall–Kier alpha value is -2.35. The summed E-state index contributed by atoms with van der Waals surface area (Å²) in [6.45, 7) is 11.3. The van der Waals surface area contributed by atoms with Gasteiger partial charge in [-0.2, -0.15) is 0 Å². The van der Waals surface area contributed by atoms with Crippen LogP contribution in [0.3, 0.4) is 0 Å². The van der Waals surface area contributed by atoms with Crippen molar-refractivity contribution in [1.82, 2.24) is 0 Å². The number of allylic oxidation sites excluding steroid dienone is 6. The fourth-order valence-electron chi connectivity index (χ4n) is 1.96. The molecule has 2 N–H and O–H groups in total. The van der Waals surface area contributed by atoms with E-state index in [1.165, 1.54) is 0 Å². The maximum absolute atomic E-state index is 12.3. The van der Waals surface area contributed by atoms with Gasteiger partial charge in [-0.25, -0.2) is 0 Å². The number of ketones is 1. The SMILES string of the molecule is C=C/C=C\C(C(=C)CC(=O)c1ccccc1C)=C(\C)N. The van der Waals surface area contributed by atoms with Crippen LogP contribution >= 0.6 is 0 Å². The first kappa shape index (κ1) is 15.7. The van der Waals surface area contributed by atoms with Crippen LogP contribution in [0.1, 0.15) is 29.3 Å². The fourth-order valence-corrected chi connectivity index (χ4v) is 1.96. The number of nitrogens with two attached hydrogens (primary N) is 1. The van der Waals surface area contributed by atoms with E-state index in [1.54, 1.807) is 19.1 Å². The van der Waals surface area contributed by atoms with Gasteiger partial charge in [-0.3, -0.25) is 4.79 Å². The van der Waals surface area contributed by atoms with Crippen molar-refractivity contribution in [3.63, 3.8) is 0 Å². The molecule has 0 heterocycles. The lowest BCUT2D eigenvalue weighted by Crippen LogP contribution is -2.06. The average Bonchev–Trinajstić information content (AvgIpc) is 2.39. The molecule has 0 radical (unpaired) electrons. The monoisotopic (exact) mass is 267 g/mol. The zero-order chi connectivity index (χ0) is 15.1. The van der Waals surface area contributed by atoms with E-state index in [9.17, 15) is 4.79 Å². The minimum absolute atomic E-state index is 0.0545. The predicted octanol–water partition coefficient (Wildman–Crippen LogP) is 4.10. The molecule has 20 heavy (non-hydrogen) atoms. The van der Waals surface area contributed by atoms with Gasteiger partial charge in [0.2, 0.25) is 0 Å². The molecule has 0 aliphatic carbocycles. The van der Waals surface area contributed by atoms with E-state index < -0.39 is 0 Å². The molecule has 0 spiro atoms. The van der Waals surface area contributed by atoms with Gasteiger partial charge in [0.1, 0.15) is 0 Å². The van der Waals surface area contributed by atoms with Gasteiger partial charge in [0.25, 0.3) is 0 Å². The Balaban J connectivity index is 2.93. The van der Waals surface area contributed by atoms with E-state index in [-0.39, 0.29) is 12.2 Å². The Morgan fingerprint density at radius 2 is 2.00 bits per heavy atom. The lowest BCUT2D eigenvalue weighted by Gasteiger charge is -2.10. The molecule has 0 bridgehead atoms. The lowest BCUT2D eigenvalue weighted by atomic mass is 9.95. The Bertz CT molecular complexity index is 587. The normalized spacial score (nSPS) is 12.1. The van der Waals surface area contributed by atoms with Crippen LogP contribution in [0, 0.1) is 6.92 Å². The molecule has 1 aromatic rings. The van der Waals surface area contributed by atoms with Gasteiger partial charge in [0.05, 0.1) is 0 Å². The Kier molecular flexibility index (Phi) is 5.73. The summed E-state index contributed by atoms with van der Waals surface area (Å²) in [4.78, 5) is 12.3. The highest BCUT2D eigenvalue weighted by molar-refractivity contribution is 5.99. The maximum atomic E-state index is 12.3. The van der Waals surface area contributed by atoms with Crippen LogP contribution in [0.2, 0.25) is 0 Å². The average molecular weight is 267 g/mol. The summed E-state index contributed by atoms with van der Waals surface area (Å²) in [6.07, 6.45) is 5.54. The summed E-state index contributed by atoms with van der Waals surface area (Å²) in [5.41, 5.74) is 9.71. The molecular weight excluding hydrogens is 246 g/mol. The number of hydrogen-bond acceptors (Lipinski definition) is 2. The van der Waals surface area contributed by atoms with Gasteiger partial charge < -0.3 is 5.73 Å². The van der Waals surface area contributed by atoms with E-state index in [2.05, 4.69) is 13.2 Å². The number of Topliss-reactive ketones (excluding diaryl/α,β-unsaturated/α-hetero) is 1. The zero-order valence-corrected chi connectivity index (χ0v) is 12.1. The van der Waals surface area contributed by atoms with Gasteiger partial charge in [-0.05, 0) is 30.6 Å². The van der Waals surface area contributed by atoms with Crippen molar-refractivity contribution < 1.29 is 4.79 Å². The van der Waals surface area contributed by atoms with Crippen LogP contribution < -0.4 is 5.73 Å². The molecule has 104 valence electrons. The first-order valence-electron chi connectivity index (χ1n) is 6.49. The lowest BCUT2D eigenvalue weighted by molar-refractivity contribution is 0.0993. The summed E-state index contributed by atoms with van der Waals surface area (Å²) in [6, 6.07) is 7.55. The van der Waals surface area contributed by atoms with Gasteiger partial charge in [-0.15, -0.1) is 0 Å². The number of aryl methyl sites for hydroxylation is 1. The third kappa shape index (κ3) is 4.09. The molecule has 0 saturated carbocycles. The first-order chi connectivity index (χ1) is 9.47. The van der Waals surface area contributed by atoms with Crippen molar-refractivity contribution >= 4 is 5.78 Å². The van der Waals surface area contributed by atoms with E-state index in [4.69, 9.17) is 5.73 Å². The Morgan fingerprint density at radius 1 is 1.35 bits per heavy atom. The van der Waals surface area contributed by atoms with Crippen LogP contribution in [0.15, 0.2) is 72.5 Å². The van der Waals surface area contributed by atoms with Crippen LogP contribution in [-0.4, -0.2) is 5.78 Å². The summed E-state index contributed by atoms with van der Waals surface area (Å²) in [5, 5.41) is 0. The van der Waals surface area contributed by atoms with Crippen molar-refractivity contribution in [3.05, 3.63) is 83.6 Å². The molecule has 0 aromatic heterocycles. The van der Waals surface area contributed by atoms with E-state index in [0.717, 1.165) is 22.3 Å². The van der Waals surface area contributed by atoms with E-state index >= 15 is 0 Å². The number of benzene rings is 1. The van der Waals surface area contributed by atoms with Crippen LogP contribution in [-0.2, 0) is 0 Å². The third-order valence-electron chi connectivity index (χ3n) is 3.02. The molecule has 2 nitrogen and oxygen atoms in total. The van der Waals surface area contributed by atoms with Crippen molar-refractivity contribution in [2.24, 2.45) is 5.73 Å². The van der Waals surface area contributed by atoms with Gasteiger partial charge in [0, 0.05) is 17.7 Å². The van der Waals surface area contributed by atoms with Crippen molar-refractivity contribution in [2.75, 3.05) is 0 Å². The predicted molar refractivity (Wildman–Crippen MR) is 85.5 cm³/mol. The van der Waals surface area contributed by atoms with Crippen molar-refractivity contribution in [1.29, 1.82) is 0 Å². The molecule has 0 atom stereocenters. The molecule has 1 rings (SSSR count). The summed E-state index contributed by atoms with van der Waals surface area (Å²) >= 11 is 0. The molecular formula is C18H21NO. The summed E-state index contributed by atoms with van der Waals surface area (Å²) < 4.78 is 0. The highest BCUT2D eigenvalue weighted by atomic mass is 16.1.